The molecule has 0 aromatic carbocycles. The molecular formula is C12H26N2O. The van der Waals surface area contributed by atoms with Gasteiger partial charge >= 0.3 is 0 Å². The summed E-state index contributed by atoms with van der Waals surface area (Å²) in [6.45, 7) is 14.4. The molecule has 90 valence electrons. The molecule has 0 heterocycles. The highest BCUT2D eigenvalue weighted by molar-refractivity contribution is 5.81. The predicted molar refractivity (Wildman–Crippen MR) is 64.8 cm³/mol. The third-order valence-corrected chi connectivity index (χ3v) is 2.62. The fourth-order valence-corrected chi connectivity index (χ4v) is 1.11. The Morgan fingerprint density at radius 1 is 1.07 bits per heavy atom. The van der Waals surface area contributed by atoms with Crippen LogP contribution in [0.1, 0.15) is 48.5 Å². The van der Waals surface area contributed by atoms with Gasteiger partial charge in [0.15, 0.2) is 0 Å². The summed E-state index contributed by atoms with van der Waals surface area (Å²) in [5.41, 5.74) is 0.173. The van der Waals surface area contributed by atoms with Gasteiger partial charge in [-0.1, -0.05) is 20.8 Å². The second-order valence-electron chi connectivity index (χ2n) is 5.64. The van der Waals surface area contributed by atoms with Gasteiger partial charge in [0.1, 0.15) is 0 Å². The SMILES string of the molecule is CC(C)NC(=O)C(C)NC(C)C(C)(C)C. The van der Waals surface area contributed by atoms with Crippen LogP contribution in [0.3, 0.4) is 0 Å². The summed E-state index contributed by atoms with van der Waals surface area (Å²) < 4.78 is 0. The van der Waals surface area contributed by atoms with Crippen molar-refractivity contribution in [2.75, 3.05) is 0 Å². The fourth-order valence-electron chi connectivity index (χ4n) is 1.11. The quantitative estimate of drug-likeness (QED) is 0.750. The van der Waals surface area contributed by atoms with Crippen molar-refractivity contribution in [3.63, 3.8) is 0 Å². The molecule has 0 aliphatic heterocycles. The average Bonchev–Trinajstić information content (AvgIpc) is 2.00. The zero-order valence-corrected chi connectivity index (χ0v) is 11.1. The molecule has 0 radical (unpaired) electrons. The summed E-state index contributed by atoms with van der Waals surface area (Å²) >= 11 is 0. The molecule has 15 heavy (non-hydrogen) atoms. The lowest BCUT2D eigenvalue weighted by Gasteiger charge is -2.30. The van der Waals surface area contributed by atoms with E-state index in [2.05, 4.69) is 38.3 Å². The molecule has 2 N–H and O–H groups in total. The number of amides is 1. The number of hydrogen-bond donors (Lipinski definition) is 2. The van der Waals surface area contributed by atoms with E-state index >= 15 is 0 Å². The van der Waals surface area contributed by atoms with E-state index in [1.54, 1.807) is 0 Å². The van der Waals surface area contributed by atoms with Crippen LogP contribution in [0.15, 0.2) is 0 Å². The normalized spacial score (nSPS) is 16.3. The van der Waals surface area contributed by atoms with Crippen molar-refractivity contribution in [2.24, 2.45) is 5.41 Å². The highest BCUT2D eigenvalue weighted by Crippen LogP contribution is 2.18. The molecule has 2 atom stereocenters. The van der Waals surface area contributed by atoms with E-state index in [1.807, 2.05) is 20.8 Å². The van der Waals surface area contributed by atoms with E-state index in [1.165, 1.54) is 0 Å². The Labute approximate surface area is 94.0 Å². The Morgan fingerprint density at radius 3 is 1.87 bits per heavy atom. The molecule has 0 fully saturated rings. The number of hydrogen-bond acceptors (Lipinski definition) is 2. The molecule has 3 heteroatoms. The summed E-state index contributed by atoms with van der Waals surface area (Å²) in [4.78, 5) is 11.6. The van der Waals surface area contributed by atoms with Gasteiger partial charge in [0, 0.05) is 12.1 Å². The predicted octanol–water partition coefficient (Wildman–Crippen LogP) is 1.92. The van der Waals surface area contributed by atoms with Gasteiger partial charge in [-0.25, -0.2) is 0 Å². The van der Waals surface area contributed by atoms with Crippen LogP contribution in [0.4, 0.5) is 0 Å². The second-order valence-corrected chi connectivity index (χ2v) is 5.64. The third-order valence-electron chi connectivity index (χ3n) is 2.62. The lowest BCUT2D eigenvalue weighted by molar-refractivity contribution is -0.123. The molecular weight excluding hydrogens is 188 g/mol. The number of rotatable bonds is 4. The molecule has 0 saturated carbocycles. The van der Waals surface area contributed by atoms with E-state index in [-0.39, 0.29) is 23.4 Å². The first-order valence-corrected chi connectivity index (χ1v) is 5.71. The Hall–Kier alpha value is -0.570. The van der Waals surface area contributed by atoms with Crippen LogP contribution < -0.4 is 10.6 Å². The van der Waals surface area contributed by atoms with Gasteiger partial charge in [-0.05, 0) is 33.1 Å². The van der Waals surface area contributed by atoms with E-state index in [0.29, 0.717) is 6.04 Å². The maximum absolute atomic E-state index is 11.6. The molecule has 2 unspecified atom stereocenters. The summed E-state index contributed by atoms with van der Waals surface area (Å²) in [5.74, 6) is 0.0705. The fraction of sp³-hybridized carbons (Fsp3) is 0.917. The van der Waals surface area contributed by atoms with E-state index in [9.17, 15) is 4.79 Å². The van der Waals surface area contributed by atoms with Crippen LogP contribution in [0.5, 0.6) is 0 Å². The van der Waals surface area contributed by atoms with E-state index in [4.69, 9.17) is 0 Å². The minimum absolute atomic E-state index is 0.0705. The summed E-state index contributed by atoms with van der Waals surface area (Å²) in [6, 6.07) is 0.374. The van der Waals surface area contributed by atoms with Crippen LogP contribution in [0.2, 0.25) is 0 Å². The van der Waals surface area contributed by atoms with Crippen LogP contribution >= 0.6 is 0 Å². The molecule has 0 aliphatic carbocycles. The first-order valence-electron chi connectivity index (χ1n) is 5.71. The number of carbonyl (C=O) groups is 1. The van der Waals surface area contributed by atoms with Gasteiger partial charge in [0.2, 0.25) is 5.91 Å². The third kappa shape index (κ3) is 5.78. The van der Waals surface area contributed by atoms with Gasteiger partial charge in [-0.3, -0.25) is 4.79 Å². The Morgan fingerprint density at radius 2 is 1.53 bits per heavy atom. The average molecular weight is 214 g/mol. The Bertz CT molecular complexity index is 206. The number of carbonyl (C=O) groups excluding carboxylic acids is 1. The first kappa shape index (κ1) is 14.4. The molecule has 0 aromatic rings. The van der Waals surface area contributed by atoms with Crippen molar-refractivity contribution in [3.8, 4) is 0 Å². The molecule has 0 aromatic heterocycles. The minimum atomic E-state index is -0.137. The van der Waals surface area contributed by atoms with E-state index in [0.717, 1.165) is 0 Å². The Balaban J connectivity index is 4.13. The minimum Gasteiger partial charge on any atom is -0.353 e. The van der Waals surface area contributed by atoms with Crippen molar-refractivity contribution >= 4 is 5.91 Å². The molecule has 0 bridgehead atoms. The highest BCUT2D eigenvalue weighted by Gasteiger charge is 2.23. The monoisotopic (exact) mass is 214 g/mol. The van der Waals surface area contributed by atoms with Crippen molar-refractivity contribution in [1.29, 1.82) is 0 Å². The zero-order valence-electron chi connectivity index (χ0n) is 11.1. The maximum Gasteiger partial charge on any atom is 0.237 e. The van der Waals surface area contributed by atoms with Crippen molar-refractivity contribution in [3.05, 3.63) is 0 Å². The largest absolute Gasteiger partial charge is 0.353 e. The van der Waals surface area contributed by atoms with Crippen LogP contribution in [0.25, 0.3) is 0 Å². The van der Waals surface area contributed by atoms with Gasteiger partial charge in [-0.15, -0.1) is 0 Å². The number of nitrogens with one attached hydrogen (secondary N) is 2. The summed E-state index contributed by atoms with van der Waals surface area (Å²) in [6.07, 6.45) is 0. The summed E-state index contributed by atoms with van der Waals surface area (Å²) in [5, 5.41) is 6.21. The molecule has 0 rings (SSSR count). The van der Waals surface area contributed by atoms with Gasteiger partial charge < -0.3 is 10.6 Å². The van der Waals surface area contributed by atoms with E-state index < -0.39 is 0 Å². The zero-order chi connectivity index (χ0) is 12.2. The van der Waals surface area contributed by atoms with Crippen LogP contribution in [-0.2, 0) is 4.79 Å². The molecule has 0 aliphatic rings. The topological polar surface area (TPSA) is 41.1 Å². The second kappa shape index (κ2) is 5.50. The molecule has 1 amide bonds. The maximum atomic E-state index is 11.6. The van der Waals surface area contributed by atoms with Crippen LogP contribution in [-0.4, -0.2) is 24.0 Å². The Kier molecular flexibility index (Phi) is 5.29. The standard InChI is InChI=1S/C12H26N2O/c1-8(2)13-11(15)9(3)14-10(4)12(5,6)7/h8-10,14H,1-7H3,(H,13,15). The van der Waals surface area contributed by atoms with Crippen molar-refractivity contribution in [2.45, 2.75) is 66.6 Å². The highest BCUT2D eigenvalue weighted by atomic mass is 16.2. The lowest BCUT2D eigenvalue weighted by Crippen LogP contribution is -2.50. The van der Waals surface area contributed by atoms with Gasteiger partial charge in [0.25, 0.3) is 0 Å². The van der Waals surface area contributed by atoms with Crippen molar-refractivity contribution < 1.29 is 4.79 Å². The summed E-state index contributed by atoms with van der Waals surface area (Å²) in [7, 11) is 0. The van der Waals surface area contributed by atoms with Gasteiger partial charge in [0.05, 0.1) is 6.04 Å². The lowest BCUT2D eigenvalue weighted by atomic mass is 9.87. The molecule has 3 nitrogen and oxygen atoms in total. The molecule has 0 saturated heterocycles. The molecule has 0 spiro atoms. The first-order chi connectivity index (χ1) is 6.64. The smallest absolute Gasteiger partial charge is 0.237 e. The van der Waals surface area contributed by atoms with Crippen molar-refractivity contribution in [1.82, 2.24) is 10.6 Å². The van der Waals surface area contributed by atoms with Crippen LogP contribution in [0, 0.1) is 5.41 Å². The van der Waals surface area contributed by atoms with Gasteiger partial charge in [-0.2, -0.15) is 0 Å².